The fraction of sp³-hybridized carbons (Fsp3) is 0.345. The minimum Gasteiger partial charge on any atom is -0.508 e. The number of phenols is 1. The molecule has 1 fully saturated rings. The molecule has 2 heterocycles. The number of fused-ring (bicyclic) bond motifs is 1. The van der Waals surface area contributed by atoms with Crippen LogP contribution in [0.2, 0.25) is 0 Å². The van der Waals surface area contributed by atoms with Gasteiger partial charge in [-0.15, -0.1) is 0 Å². The Bertz CT molecular complexity index is 1450. The van der Waals surface area contributed by atoms with E-state index in [1.165, 1.54) is 24.3 Å². The second-order valence-electron chi connectivity index (χ2n) is 10.2. The van der Waals surface area contributed by atoms with Crippen LogP contribution in [0, 0.1) is 0 Å². The third-order valence-corrected chi connectivity index (χ3v) is 7.11. The molecule has 2 aromatic carbocycles. The molecular formula is C29H33N5O8. The van der Waals surface area contributed by atoms with Crippen LogP contribution in [0.15, 0.2) is 54.7 Å². The molecule has 0 spiro atoms. The lowest BCUT2D eigenvalue weighted by Crippen LogP contribution is -2.58. The minimum absolute atomic E-state index is 0.0155. The van der Waals surface area contributed by atoms with Crippen LogP contribution in [0.4, 0.5) is 0 Å². The molecule has 0 aliphatic carbocycles. The molecule has 8 N–H and O–H groups in total. The van der Waals surface area contributed by atoms with Crippen LogP contribution in [0.5, 0.6) is 5.75 Å². The second-order valence-corrected chi connectivity index (χ2v) is 10.2. The van der Waals surface area contributed by atoms with Gasteiger partial charge in [0.25, 0.3) is 0 Å². The number of carboxylic acids is 2. The fourth-order valence-corrected chi connectivity index (χ4v) is 4.91. The molecule has 3 amide bonds. The van der Waals surface area contributed by atoms with E-state index in [-0.39, 0.29) is 18.6 Å². The Hall–Kier alpha value is -4.91. The van der Waals surface area contributed by atoms with Crippen molar-refractivity contribution in [2.75, 3.05) is 6.54 Å². The second kappa shape index (κ2) is 13.6. The van der Waals surface area contributed by atoms with E-state index in [0.29, 0.717) is 24.1 Å². The number of carbonyl (C=O) groups is 5. The summed E-state index contributed by atoms with van der Waals surface area (Å²) in [4.78, 5) is 66.1. The van der Waals surface area contributed by atoms with Gasteiger partial charge >= 0.3 is 11.9 Å². The Morgan fingerprint density at radius 2 is 1.55 bits per heavy atom. The van der Waals surface area contributed by atoms with Crippen molar-refractivity contribution in [3.8, 4) is 5.75 Å². The Morgan fingerprint density at radius 3 is 2.21 bits per heavy atom. The average molecular weight is 580 g/mol. The number of phenolic OH excluding ortho intramolecular Hbond substituents is 1. The van der Waals surface area contributed by atoms with E-state index in [1.54, 1.807) is 6.20 Å². The Balaban J connectivity index is 1.53. The maximum absolute atomic E-state index is 13.5. The summed E-state index contributed by atoms with van der Waals surface area (Å²) in [6.07, 6.45) is 2.08. The molecule has 1 aromatic heterocycles. The number of carboxylic acid groups (broad SMARTS) is 2. The van der Waals surface area contributed by atoms with Crippen LogP contribution >= 0.6 is 0 Å². The van der Waals surface area contributed by atoms with Gasteiger partial charge in [-0.1, -0.05) is 30.3 Å². The van der Waals surface area contributed by atoms with Crippen LogP contribution in [0.25, 0.3) is 10.9 Å². The highest BCUT2D eigenvalue weighted by Crippen LogP contribution is 2.19. The normalized spacial score (nSPS) is 16.7. The number of amides is 3. The highest BCUT2D eigenvalue weighted by atomic mass is 16.4. The average Bonchev–Trinajstić information content (AvgIpc) is 3.64. The molecular weight excluding hydrogens is 546 g/mol. The minimum atomic E-state index is -1.48. The lowest BCUT2D eigenvalue weighted by atomic mass is 10.0. The van der Waals surface area contributed by atoms with Gasteiger partial charge in [0.1, 0.15) is 23.9 Å². The van der Waals surface area contributed by atoms with Crippen molar-refractivity contribution in [1.29, 1.82) is 0 Å². The molecule has 13 heteroatoms. The quantitative estimate of drug-likeness (QED) is 0.141. The van der Waals surface area contributed by atoms with Crippen molar-refractivity contribution in [3.63, 3.8) is 0 Å². The number of carbonyl (C=O) groups excluding carboxylic acids is 3. The fourth-order valence-electron chi connectivity index (χ4n) is 4.91. The van der Waals surface area contributed by atoms with Gasteiger partial charge in [-0.05, 0) is 48.7 Å². The first-order valence-electron chi connectivity index (χ1n) is 13.5. The monoisotopic (exact) mass is 579 g/mol. The number of para-hydroxylation sites is 1. The van der Waals surface area contributed by atoms with Crippen LogP contribution in [0.1, 0.15) is 30.4 Å². The van der Waals surface area contributed by atoms with Crippen molar-refractivity contribution < 1.29 is 39.3 Å². The van der Waals surface area contributed by atoms with Gasteiger partial charge in [-0.2, -0.15) is 0 Å². The molecule has 13 nitrogen and oxygen atoms in total. The van der Waals surface area contributed by atoms with Crippen molar-refractivity contribution in [1.82, 2.24) is 26.3 Å². The van der Waals surface area contributed by atoms with E-state index in [4.69, 9.17) is 0 Å². The van der Waals surface area contributed by atoms with Gasteiger partial charge in [0.2, 0.25) is 17.7 Å². The molecule has 0 saturated carbocycles. The molecule has 4 unspecified atom stereocenters. The largest absolute Gasteiger partial charge is 0.508 e. The predicted octanol–water partition coefficient (Wildman–Crippen LogP) is 0.424. The zero-order valence-electron chi connectivity index (χ0n) is 22.6. The van der Waals surface area contributed by atoms with Gasteiger partial charge in [-0.25, -0.2) is 4.79 Å². The first-order valence-corrected chi connectivity index (χ1v) is 13.5. The first-order chi connectivity index (χ1) is 20.1. The van der Waals surface area contributed by atoms with E-state index in [1.807, 2.05) is 24.3 Å². The summed E-state index contributed by atoms with van der Waals surface area (Å²) in [5.41, 5.74) is 2.01. The van der Waals surface area contributed by atoms with E-state index in [0.717, 1.165) is 17.3 Å². The molecule has 0 radical (unpaired) electrons. The van der Waals surface area contributed by atoms with Gasteiger partial charge in [0.15, 0.2) is 0 Å². The van der Waals surface area contributed by atoms with Crippen LogP contribution in [-0.4, -0.2) is 80.7 Å². The summed E-state index contributed by atoms with van der Waals surface area (Å²) in [6, 6.07) is 8.45. The molecule has 3 aromatic rings. The van der Waals surface area contributed by atoms with Gasteiger partial charge in [-0.3, -0.25) is 19.2 Å². The van der Waals surface area contributed by atoms with Gasteiger partial charge < -0.3 is 41.6 Å². The number of hydrogen-bond donors (Lipinski definition) is 8. The van der Waals surface area contributed by atoms with E-state index >= 15 is 0 Å². The van der Waals surface area contributed by atoms with E-state index in [9.17, 15) is 39.3 Å². The summed E-state index contributed by atoms with van der Waals surface area (Å²) < 4.78 is 0. The smallest absolute Gasteiger partial charge is 0.326 e. The van der Waals surface area contributed by atoms with Crippen molar-refractivity contribution in [2.45, 2.75) is 56.3 Å². The van der Waals surface area contributed by atoms with E-state index in [2.05, 4.69) is 26.3 Å². The number of aromatic amines is 1. The topological polar surface area (TPSA) is 210 Å². The lowest BCUT2D eigenvalue weighted by Gasteiger charge is -2.25. The number of nitrogens with one attached hydrogen (secondary N) is 5. The summed E-state index contributed by atoms with van der Waals surface area (Å²) in [6.45, 7) is 0.617. The maximum Gasteiger partial charge on any atom is 0.326 e. The van der Waals surface area contributed by atoms with Crippen molar-refractivity contribution in [2.24, 2.45) is 0 Å². The van der Waals surface area contributed by atoms with Gasteiger partial charge in [0.05, 0.1) is 12.5 Å². The standard InChI is InChI=1S/C29H33N5O8/c35-18-9-7-16(8-10-18)12-22(32-28(40)23(14-25(36)37)33-26(38)21-6-3-11-30-21)27(39)34-24(29(41)42)13-17-15-31-20-5-2-1-4-19(17)20/h1-2,4-5,7-10,15,21-24,30-31,35H,3,6,11-14H2,(H,32,40)(H,33,38)(H,34,39)(H,36,37)(H,41,42). The number of rotatable bonds is 13. The SMILES string of the molecule is O=C(O)CC(NC(=O)C1CCCN1)C(=O)NC(Cc1ccc(O)cc1)C(=O)NC(Cc1c[nH]c2ccccc12)C(=O)O. The Morgan fingerprint density at radius 1 is 0.857 bits per heavy atom. The lowest BCUT2D eigenvalue weighted by molar-refractivity contribution is -0.143. The van der Waals surface area contributed by atoms with Gasteiger partial charge in [0, 0.05) is 29.9 Å². The molecule has 1 aliphatic heterocycles. The molecule has 1 saturated heterocycles. The number of benzene rings is 2. The zero-order valence-corrected chi connectivity index (χ0v) is 22.6. The van der Waals surface area contributed by atoms with Crippen molar-refractivity contribution in [3.05, 3.63) is 65.9 Å². The molecule has 42 heavy (non-hydrogen) atoms. The third-order valence-electron chi connectivity index (χ3n) is 7.11. The molecule has 4 atom stereocenters. The van der Waals surface area contributed by atoms with Crippen molar-refractivity contribution >= 4 is 40.6 Å². The zero-order chi connectivity index (χ0) is 30.2. The third kappa shape index (κ3) is 7.85. The number of aromatic hydroxyl groups is 1. The van der Waals surface area contributed by atoms with E-state index < -0.39 is 60.2 Å². The molecule has 0 bridgehead atoms. The maximum atomic E-state index is 13.5. The first kappa shape index (κ1) is 30.1. The number of aromatic nitrogens is 1. The summed E-state index contributed by atoms with van der Waals surface area (Å²) in [5, 5.41) is 40.1. The van der Waals surface area contributed by atoms with Crippen LogP contribution in [-0.2, 0) is 36.8 Å². The summed E-state index contributed by atoms with van der Waals surface area (Å²) >= 11 is 0. The Labute approximate surface area is 240 Å². The molecule has 222 valence electrons. The van der Waals surface area contributed by atoms with Crippen LogP contribution in [0.3, 0.4) is 0 Å². The molecule has 4 rings (SSSR count). The number of H-pyrrole nitrogens is 1. The highest BCUT2D eigenvalue weighted by Gasteiger charge is 2.33. The Kier molecular flexibility index (Phi) is 9.76. The summed E-state index contributed by atoms with van der Waals surface area (Å²) in [5.74, 6) is -4.90. The number of aliphatic carboxylic acids is 2. The molecule has 1 aliphatic rings. The summed E-state index contributed by atoms with van der Waals surface area (Å²) in [7, 11) is 0. The van der Waals surface area contributed by atoms with Crippen LogP contribution < -0.4 is 21.3 Å². The number of hydrogen-bond acceptors (Lipinski definition) is 7. The predicted molar refractivity (Wildman–Crippen MR) is 151 cm³/mol. The highest BCUT2D eigenvalue weighted by molar-refractivity contribution is 5.96.